The number of amides is 1. The van der Waals surface area contributed by atoms with Gasteiger partial charge in [0.25, 0.3) is 11.5 Å². The van der Waals surface area contributed by atoms with Crippen molar-refractivity contribution in [2.45, 2.75) is 32.7 Å². The molecule has 4 aromatic rings. The number of fused-ring (bicyclic) bond motifs is 1. The maximum Gasteiger partial charge on any atom is 0.359 e. The van der Waals surface area contributed by atoms with Crippen LogP contribution in [0.15, 0.2) is 65.6 Å². The van der Waals surface area contributed by atoms with Crippen LogP contribution < -0.4 is 10.9 Å². The number of rotatable bonds is 9. The van der Waals surface area contributed by atoms with Crippen molar-refractivity contribution >= 4 is 28.5 Å². The van der Waals surface area contributed by atoms with Gasteiger partial charge in [0.15, 0.2) is 18.1 Å². The molecule has 2 aromatic heterocycles. The van der Waals surface area contributed by atoms with Crippen molar-refractivity contribution in [3.63, 3.8) is 0 Å². The average Bonchev–Trinajstić information content (AvgIpc) is 3.31. The summed E-state index contributed by atoms with van der Waals surface area (Å²) in [5.74, 6) is -1.32. The molecule has 1 N–H and O–H groups in total. The van der Waals surface area contributed by atoms with Gasteiger partial charge in [-0.15, -0.1) is 0 Å². The predicted molar refractivity (Wildman–Crippen MR) is 133 cm³/mol. The second-order valence-corrected chi connectivity index (χ2v) is 8.02. The lowest BCUT2D eigenvalue weighted by Gasteiger charge is -2.12. The van der Waals surface area contributed by atoms with Crippen LogP contribution in [-0.2, 0) is 16.1 Å². The minimum atomic E-state index is -0.831. The summed E-state index contributed by atoms with van der Waals surface area (Å²) >= 11 is 0. The molecule has 0 fully saturated rings. The predicted octanol–water partition coefficient (Wildman–Crippen LogP) is 3.44. The smallest absolute Gasteiger partial charge is 0.359 e. The van der Waals surface area contributed by atoms with E-state index in [0.29, 0.717) is 23.0 Å². The van der Waals surface area contributed by atoms with Crippen molar-refractivity contribution in [3.05, 3.63) is 82.4 Å². The highest BCUT2D eigenvalue weighted by Gasteiger charge is 2.20. The zero-order valence-electron chi connectivity index (χ0n) is 19.7. The molecule has 0 unspecified atom stereocenters. The van der Waals surface area contributed by atoms with Gasteiger partial charge in [0.2, 0.25) is 0 Å². The summed E-state index contributed by atoms with van der Waals surface area (Å²) in [7, 11) is 0. The first-order chi connectivity index (χ1) is 17.5. The molecule has 0 atom stereocenters. The Morgan fingerprint density at radius 1 is 1.06 bits per heavy atom. The molecule has 0 aliphatic heterocycles. The number of unbranched alkanes of at least 4 members (excludes halogenated alkanes) is 2. The van der Waals surface area contributed by atoms with E-state index in [9.17, 15) is 19.6 Å². The van der Waals surface area contributed by atoms with Gasteiger partial charge in [0.1, 0.15) is 11.6 Å². The van der Waals surface area contributed by atoms with Crippen molar-refractivity contribution in [1.29, 1.82) is 5.26 Å². The van der Waals surface area contributed by atoms with Crippen molar-refractivity contribution in [2.75, 3.05) is 11.9 Å². The Morgan fingerprint density at radius 3 is 2.50 bits per heavy atom. The number of benzene rings is 2. The van der Waals surface area contributed by atoms with Gasteiger partial charge in [0, 0.05) is 11.9 Å². The van der Waals surface area contributed by atoms with Crippen LogP contribution in [-0.4, -0.2) is 38.0 Å². The van der Waals surface area contributed by atoms with Crippen LogP contribution in [0.1, 0.15) is 42.2 Å². The molecule has 0 saturated carbocycles. The fraction of sp³-hybridized carbons (Fsp3) is 0.231. The molecule has 2 aromatic carbocycles. The van der Waals surface area contributed by atoms with Crippen LogP contribution in [0.4, 0.5) is 5.82 Å². The fourth-order valence-corrected chi connectivity index (χ4v) is 3.73. The average molecular weight is 485 g/mol. The number of nitrogens with one attached hydrogen (secondary N) is 1. The Morgan fingerprint density at radius 2 is 1.78 bits per heavy atom. The summed E-state index contributed by atoms with van der Waals surface area (Å²) in [6.45, 7) is 1.81. The maximum atomic E-state index is 12.9. The number of nitriles is 1. The molecule has 0 radical (unpaired) electrons. The highest BCUT2D eigenvalue weighted by atomic mass is 16.5. The summed E-state index contributed by atoms with van der Waals surface area (Å²) in [6, 6.07) is 17.6. The number of esters is 1. The second kappa shape index (κ2) is 11.1. The molecular weight excluding hydrogens is 460 g/mol. The molecule has 10 heteroatoms. The van der Waals surface area contributed by atoms with E-state index < -0.39 is 18.5 Å². The first-order valence-corrected chi connectivity index (χ1v) is 11.5. The lowest BCUT2D eigenvalue weighted by atomic mass is 10.1. The third kappa shape index (κ3) is 5.15. The van der Waals surface area contributed by atoms with Crippen molar-refractivity contribution in [1.82, 2.24) is 19.6 Å². The van der Waals surface area contributed by atoms with E-state index in [1.54, 1.807) is 48.5 Å². The molecular formula is C26H24N6O4. The minimum absolute atomic E-state index is 0.0402. The van der Waals surface area contributed by atoms with Gasteiger partial charge in [0.05, 0.1) is 17.3 Å². The van der Waals surface area contributed by atoms with Crippen LogP contribution in [0.2, 0.25) is 0 Å². The Bertz CT molecular complexity index is 1500. The summed E-state index contributed by atoms with van der Waals surface area (Å²) in [6.07, 6.45) is 3.98. The molecule has 182 valence electrons. The standard InChI is InChI=1S/C26H24N6O4/c1-2-3-9-14-31-25(34)21-13-8-7-12-20(21)23(30-31)26(35)36-17-22(33)29-24-18(15-27)16-28-32(24)19-10-5-4-6-11-19/h4-8,10-13,16H,2-3,9,14,17H2,1H3,(H,29,33). The van der Waals surface area contributed by atoms with Crippen LogP contribution in [0, 0.1) is 11.3 Å². The van der Waals surface area contributed by atoms with E-state index in [4.69, 9.17) is 4.74 Å². The van der Waals surface area contributed by atoms with Crippen LogP contribution in [0.5, 0.6) is 0 Å². The van der Waals surface area contributed by atoms with Gasteiger partial charge in [-0.1, -0.05) is 56.2 Å². The molecule has 36 heavy (non-hydrogen) atoms. The molecule has 0 saturated heterocycles. The first-order valence-electron chi connectivity index (χ1n) is 11.5. The normalized spacial score (nSPS) is 10.7. The summed E-state index contributed by atoms with van der Waals surface area (Å²) in [5, 5.41) is 21.1. The third-order valence-electron chi connectivity index (χ3n) is 5.52. The Kier molecular flexibility index (Phi) is 7.51. The number of anilines is 1. The first kappa shape index (κ1) is 24.3. The molecule has 2 heterocycles. The van der Waals surface area contributed by atoms with Crippen molar-refractivity contribution in [3.8, 4) is 11.8 Å². The lowest BCUT2D eigenvalue weighted by molar-refractivity contribution is -0.119. The number of aromatic nitrogens is 4. The Hall–Kier alpha value is -4.78. The van der Waals surface area contributed by atoms with E-state index in [-0.39, 0.29) is 22.6 Å². The van der Waals surface area contributed by atoms with E-state index in [2.05, 4.69) is 22.4 Å². The number of aryl methyl sites for hydroxylation is 1. The van der Waals surface area contributed by atoms with E-state index in [1.165, 1.54) is 15.6 Å². The van der Waals surface area contributed by atoms with Crippen molar-refractivity contribution in [2.24, 2.45) is 0 Å². The molecule has 10 nitrogen and oxygen atoms in total. The van der Waals surface area contributed by atoms with Crippen LogP contribution >= 0.6 is 0 Å². The van der Waals surface area contributed by atoms with Gasteiger partial charge in [-0.3, -0.25) is 9.59 Å². The quantitative estimate of drug-likeness (QED) is 0.284. The molecule has 0 aliphatic rings. The van der Waals surface area contributed by atoms with Gasteiger partial charge in [-0.25, -0.2) is 14.2 Å². The van der Waals surface area contributed by atoms with Gasteiger partial charge < -0.3 is 10.1 Å². The topological polar surface area (TPSA) is 132 Å². The molecule has 4 rings (SSSR count). The highest BCUT2D eigenvalue weighted by Crippen LogP contribution is 2.20. The highest BCUT2D eigenvalue weighted by molar-refractivity contribution is 6.03. The van der Waals surface area contributed by atoms with E-state index in [0.717, 1.165) is 19.3 Å². The van der Waals surface area contributed by atoms with Gasteiger partial charge in [-0.2, -0.15) is 15.5 Å². The minimum Gasteiger partial charge on any atom is -0.451 e. The number of para-hydroxylation sites is 1. The Balaban J connectivity index is 1.53. The molecule has 0 spiro atoms. The summed E-state index contributed by atoms with van der Waals surface area (Å²) < 4.78 is 7.93. The largest absolute Gasteiger partial charge is 0.451 e. The zero-order chi connectivity index (χ0) is 25.5. The number of ether oxygens (including phenoxy) is 1. The number of carbonyl (C=O) groups is 2. The number of hydrogen-bond acceptors (Lipinski definition) is 7. The van der Waals surface area contributed by atoms with E-state index >= 15 is 0 Å². The molecule has 0 aliphatic carbocycles. The molecule has 1 amide bonds. The summed E-state index contributed by atoms with van der Waals surface area (Å²) in [4.78, 5) is 38.4. The fourth-order valence-electron chi connectivity index (χ4n) is 3.73. The summed E-state index contributed by atoms with van der Waals surface area (Å²) in [5.41, 5.74) is 0.480. The number of nitrogens with zero attached hydrogens (tertiary/aromatic N) is 5. The zero-order valence-corrected chi connectivity index (χ0v) is 19.7. The number of carbonyl (C=O) groups excluding carboxylic acids is 2. The second-order valence-electron chi connectivity index (χ2n) is 8.02. The lowest BCUT2D eigenvalue weighted by Crippen LogP contribution is -2.28. The third-order valence-corrected chi connectivity index (χ3v) is 5.52. The van der Waals surface area contributed by atoms with Crippen LogP contribution in [0.3, 0.4) is 0 Å². The number of hydrogen-bond donors (Lipinski definition) is 1. The molecule has 0 bridgehead atoms. The van der Waals surface area contributed by atoms with Gasteiger partial charge >= 0.3 is 5.97 Å². The van der Waals surface area contributed by atoms with Crippen molar-refractivity contribution < 1.29 is 14.3 Å². The van der Waals surface area contributed by atoms with Gasteiger partial charge in [-0.05, 0) is 24.6 Å². The monoisotopic (exact) mass is 484 g/mol. The Labute approximate surface area is 206 Å². The van der Waals surface area contributed by atoms with Crippen LogP contribution in [0.25, 0.3) is 16.5 Å². The maximum absolute atomic E-state index is 12.9. The van der Waals surface area contributed by atoms with E-state index in [1.807, 2.05) is 12.1 Å². The SMILES string of the molecule is CCCCCn1nc(C(=O)OCC(=O)Nc2c(C#N)cnn2-c2ccccc2)c2ccccc2c1=O.